The lowest BCUT2D eigenvalue weighted by Gasteiger charge is -2.28. The lowest BCUT2D eigenvalue weighted by Crippen LogP contribution is -2.14. The van der Waals surface area contributed by atoms with Crippen LogP contribution in [-0.4, -0.2) is 6.16 Å². The van der Waals surface area contributed by atoms with E-state index in [1.54, 1.807) is 0 Å². The third kappa shape index (κ3) is 3.70. The molecule has 1 fully saturated rings. The molecule has 0 bridgehead atoms. The summed E-state index contributed by atoms with van der Waals surface area (Å²) in [6.07, 6.45) is 6.78. The molecule has 2 heteroatoms. The second-order valence-electron chi connectivity index (χ2n) is 7.03. The monoisotopic (exact) mass is 342 g/mol. The summed E-state index contributed by atoms with van der Waals surface area (Å²) in [5.74, 6) is 1.71. The zero-order chi connectivity index (χ0) is 16.4. The molecule has 0 N–H and O–H groups in total. The molecular weight excluding hydrogens is 314 g/mol. The fourth-order valence-corrected chi connectivity index (χ4v) is 4.60. The van der Waals surface area contributed by atoms with Crippen LogP contribution >= 0.6 is 18.5 Å². The van der Waals surface area contributed by atoms with Crippen molar-refractivity contribution in [3.63, 3.8) is 0 Å². The van der Waals surface area contributed by atoms with Crippen molar-refractivity contribution < 1.29 is 0 Å². The minimum atomic E-state index is 0.772. The van der Waals surface area contributed by atoms with Crippen LogP contribution < -0.4 is 5.30 Å². The maximum Gasteiger partial charge on any atom is -0.0152 e. The van der Waals surface area contributed by atoms with E-state index in [4.69, 9.17) is 0 Å². The molecule has 1 aliphatic rings. The summed E-state index contributed by atoms with van der Waals surface area (Å²) in [6, 6.07) is 13.8. The minimum absolute atomic E-state index is 0.772. The van der Waals surface area contributed by atoms with Crippen molar-refractivity contribution >= 4 is 23.8 Å². The van der Waals surface area contributed by atoms with E-state index >= 15 is 0 Å². The van der Waals surface area contributed by atoms with Gasteiger partial charge in [0.1, 0.15) is 0 Å². The quantitative estimate of drug-likeness (QED) is 0.635. The Morgan fingerprint density at radius 2 is 1.52 bits per heavy atom. The zero-order valence-corrected chi connectivity index (χ0v) is 16.6. The van der Waals surface area contributed by atoms with Crippen molar-refractivity contribution in [1.82, 2.24) is 0 Å². The van der Waals surface area contributed by atoms with Gasteiger partial charge in [0.2, 0.25) is 0 Å². The lowest BCUT2D eigenvalue weighted by molar-refractivity contribution is 0.352. The van der Waals surface area contributed by atoms with E-state index < -0.39 is 0 Å². The Morgan fingerprint density at radius 1 is 0.870 bits per heavy atom. The highest BCUT2D eigenvalue weighted by molar-refractivity contribution is 7.27. The van der Waals surface area contributed by atoms with Crippen LogP contribution in [0.4, 0.5) is 0 Å². The molecule has 3 rings (SSSR count). The van der Waals surface area contributed by atoms with E-state index in [-0.39, 0.29) is 0 Å². The van der Waals surface area contributed by atoms with Crippen LogP contribution in [0.3, 0.4) is 0 Å². The molecule has 1 aliphatic carbocycles. The third-order valence-corrected chi connectivity index (χ3v) is 6.99. The van der Waals surface area contributed by atoms with Gasteiger partial charge in [-0.25, -0.2) is 0 Å². The molecule has 0 nitrogen and oxygen atoms in total. The topological polar surface area (TPSA) is 0 Å². The first-order valence-electron chi connectivity index (χ1n) is 8.76. The molecular formula is C21H28P2. The van der Waals surface area contributed by atoms with E-state index in [0.29, 0.717) is 0 Å². The van der Waals surface area contributed by atoms with Crippen molar-refractivity contribution in [3.05, 3.63) is 53.1 Å². The van der Waals surface area contributed by atoms with Gasteiger partial charge < -0.3 is 0 Å². The van der Waals surface area contributed by atoms with Crippen molar-refractivity contribution in [3.8, 4) is 11.1 Å². The Bertz CT molecular complexity index is 665. The molecule has 2 aromatic carbocycles. The Morgan fingerprint density at radius 3 is 2.13 bits per heavy atom. The predicted octanol–water partition coefficient (Wildman–Crippen LogP) is 5.62. The van der Waals surface area contributed by atoms with E-state index in [9.17, 15) is 0 Å². The molecule has 1 saturated carbocycles. The Balaban J connectivity index is 1.79. The van der Waals surface area contributed by atoms with Crippen LogP contribution in [0.25, 0.3) is 11.1 Å². The van der Waals surface area contributed by atoms with E-state index in [2.05, 4.69) is 68.7 Å². The maximum atomic E-state index is 2.92. The maximum absolute atomic E-state index is 2.92. The van der Waals surface area contributed by atoms with Crippen LogP contribution in [0, 0.1) is 19.8 Å². The summed E-state index contributed by atoms with van der Waals surface area (Å²) in [5.41, 5.74) is 7.02. The lowest BCUT2D eigenvalue weighted by atomic mass is 9.79. The molecule has 0 saturated heterocycles. The van der Waals surface area contributed by atoms with Crippen LogP contribution in [-0.2, 0) is 0 Å². The Hall–Kier alpha value is -0.700. The summed E-state index contributed by atoms with van der Waals surface area (Å²) >= 11 is 0. The predicted molar refractivity (Wildman–Crippen MR) is 110 cm³/mol. The molecule has 0 heterocycles. The highest BCUT2D eigenvalue weighted by atomic mass is 31.0. The summed E-state index contributed by atoms with van der Waals surface area (Å²) in [5, 5.41) is 1.30. The van der Waals surface area contributed by atoms with Crippen molar-refractivity contribution in [1.29, 1.82) is 0 Å². The first kappa shape index (κ1) is 17.1. The van der Waals surface area contributed by atoms with Crippen molar-refractivity contribution in [2.75, 3.05) is 6.16 Å². The first-order valence-corrected chi connectivity index (χ1v) is 10.2. The van der Waals surface area contributed by atoms with Gasteiger partial charge in [0.15, 0.2) is 0 Å². The van der Waals surface area contributed by atoms with Gasteiger partial charge >= 0.3 is 0 Å². The van der Waals surface area contributed by atoms with Gasteiger partial charge in [0.25, 0.3) is 0 Å². The molecule has 2 atom stereocenters. The van der Waals surface area contributed by atoms with E-state index in [1.807, 2.05) is 0 Å². The fraction of sp³-hybridized carbons (Fsp3) is 0.429. The summed E-state index contributed by atoms with van der Waals surface area (Å²) in [4.78, 5) is 0. The highest BCUT2D eigenvalue weighted by Crippen LogP contribution is 2.37. The molecule has 2 unspecified atom stereocenters. The van der Waals surface area contributed by atoms with E-state index in [1.165, 1.54) is 65.0 Å². The van der Waals surface area contributed by atoms with Gasteiger partial charge in [-0.2, -0.15) is 0 Å². The molecule has 122 valence electrons. The van der Waals surface area contributed by atoms with Gasteiger partial charge in [-0.1, -0.05) is 36.4 Å². The largest absolute Gasteiger partial charge is 0.137 e. The van der Waals surface area contributed by atoms with E-state index in [0.717, 1.165) is 11.8 Å². The van der Waals surface area contributed by atoms with Gasteiger partial charge in [0, 0.05) is 0 Å². The number of rotatable bonds is 3. The molecule has 0 amide bonds. The van der Waals surface area contributed by atoms with Crippen molar-refractivity contribution in [2.45, 2.75) is 45.4 Å². The number of hydrogen-bond acceptors (Lipinski definition) is 0. The molecule has 23 heavy (non-hydrogen) atoms. The second kappa shape index (κ2) is 7.46. The van der Waals surface area contributed by atoms with Gasteiger partial charge in [0.05, 0.1) is 0 Å². The minimum Gasteiger partial charge on any atom is -0.137 e. The third-order valence-electron chi connectivity index (χ3n) is 5.70. The SMILES string of the molecule is Cc1c(P)ccc(-c2ccc(C3CCC(CP)CC3)cc2)c1C. The summed E-state index contributed by atoms with van der Waals surface area (Å²) < 4.78 is 0. The zero-order valence-electron chi connectivity index (χ0n) is 14.3. The number of hydrogen-bond donors (Lipinski definition) is 0. The van der Waals surface area contributed by atoms with Gasteiger partial charge in [-0.3, -0.25) is 0 Å². The molecule has 0 aromatic heterocycles. The average Bonchev–Trinajstić information content (AvgIpc) is 2.60. The van der Waals surface area contributed by atoms with Crippen molar-refractivity contribution in [2.24, 2.45) is 5.92 Å². The fourth-order valence-electron chi connectivity index (χ4n) is 3.82. The average molecular weight is 342 g/mol. The summed E-state index contributed by atoms with van der Waals surface area (Å²) in [7, 11) is 5.75. The van der Waals surface area contributed by atoms with Gasteiger partial charge in [-0.05, 0) is 90.7 Å². The second-order valence-corrected chi connectivity index (χ2v) is 8.12. The molecule has 2 aromatic rings. The first-order chi connectivity index (χ1) is 11.1. The Kier molecular flexibility index (Phi) is 5.56. The van der Waals surface area contributed by atoms with Crippen LogP contribution in [0.15, 0.2) is 36.4 Å². The smallest absolute Gasteiger partial charge is 0.0152 e. The normalized spacial score (nSPS) is 21.4. The van der Waals surface area contributed by atoms with Crippen LogP contribution in [0.5, 0.6) is 0 Å². The standard InChI is InChI=1S/C21H28P2/c1-14-15(2)21(23)12-11-20(14)19-9-7-18(8-10-19)17-5-3-16(13-22)4-6-17/h7-12,16-17H,3-6,13,22-23H2,1-2H3. The molecule has 0 radical (unpaired) electrons. The molecule has 0 spiro atoms. The Labute approximate surface area is 145 Å². The van der Waals surface area contributed by atoms with Gasteiger partial charge in [-0.15, -0.1) is 18.5 Å². The van der Waals surface area contributed by atoms with Crippen LogP contribution in [0.2, 0.25) is 0 Å². The highest BCUT2D eigenvalue weighted by Gasteiger charge is 2.21. The number of benzene rings is 2. The summed E-state index contributed by atoms with van der Waals surface area (Å²) in [6.45, 7) is 4.44. The van der Waals surface area contributed by atoms with Crippen LogP contribution in [0.1, 0.15) is 48.3 Å². The molecule has 0 aliphatic heterocycles.